The Labute approximate surface area is 135 Å². The fraction of sp³-hybridized carbons (Fsp3) is 0.462. The van der Waals surface area contributed by atoms with E-state index in [0.29, 0.717) is 5.56 Å². The molecule has 10 heteroatoms. The molecule has 8 nitrogen and oxygen atoms in total. The number of anilines is 1. The summed E-state index contributed by atoms with van der Waals surface area (Å²) < 4.78 is 49.1. The Bertz CT molecular complexity index is 858. The standard InChI is InChI=1S/C13H18N2O6S2/c1-9-7-10(5-6-11(9)23(19,20)14-21-4)15-12(16)13(2,3)8-22(15,17)18/h5-7,14H,8H2,1-4H3. The lowest BCUT2D eigenvalue weighted by Crippen LogP contribution is -2.33. The Morgan fingerprint density at radius 1 is 1.30 bits per heavy atom. The maximum absolute atomic E-state index is 12.3. The minimum Gasteiger partial charge on any atom is -0.290 e. The molecule has 1 aromatic carbocycles. The second kappa shape index (κ2) is 5.55. The van der Waals surface area contributed by atoms with Gasteiger partial charge in [-0.15, -0.1) is 0 Å². The average molecular weight is 362 g/mol. The van der Waals surface area contributed by atoms with Crippen molar-refractivity contribution in [1.82, 2.24) is 4.89 Å². The van der Waals surface area contributed by atoms with Crippen molar-refractivity contribution in [2.24, 2.45) is 5.41 Å². The summed E-state index contributed by atoms with van der Waals surface area (Å²) in [4.78, 5) is 18.6. The summed E-state index contributed by atoms with van der Waals surface area (Å²) in [5, 5.41) is 0. The minimum absolute atomic E-state index is 0.0635. The van der Waals surface area contributed by atoms with E-state index in [1.165, 1.54) is 32.2 Å². The van der Waals surface area contributed by atoms with Crippen molar-refractivity contribution < 1.29 is 26.5 Å². The molecule has 1 aliphatic rings. The molecule has 2 rings (SSSR count). The van der Waals surface area contributed by atoms with Crippen LogP contribution in [0.4, 0.5) is 5.69 Å². The number of nitrogens with zero attached hydrogens (tertiary/aromatic N) is 1. The molecule has 0 aromatic heterocycles. The molecule has 0 atom stereocenters. The molecule has 0 spiro atoms. The van der Waals surface area contributed by atoms with Crippen LogP contribution in [0.1, 0.15) is 19.4 Å². The number of rotatable bonds is 4. The molecule has 128 valence electrons. The zero-order valence-electron chi connectivity index (χ0n) is 13.2. The molecule has 0 unspecified atom stereocenters. The summed E-state index contributed by atoms with van der Waals surface area (Å²) in [5.74, 6) is -0.828. The van der Waals surface area contributed by atoms with E-state index < -0.39 is 31.4 Å². The van der Waals surface area contributed by atoms with Crippen LogP contribution in [0, 0.1) is 12.3 Å². The van der Waals surface area contributed by atoms with E-state index in [4.69, 9.17) is 0 Å². The van der Waals surface area contributed by atoms with E-state index in [9.17, 15) is 21.6 Å². The van der Waals surface area contributed by atoms with Gasteiger partial charge in [-0.2, -0.15) is 0 Å². The summed E-state index contributed by atoms with van der Waals surface area (Å²) in [6, 6.07) is 3.87. The van der Waals surface area contributed by atoms with Gasteiger partial charge in [0.2, 0.25) is 15.9 Å². The van der Waals surface area contributed by atoms with Crippen LogP contribution in [-0.2, 0) is 29.7 Å². The molecular weight excluding hydrogens is 344 g/mol. The molecule has 1 aliphatic heterocycles. The van der Waals surface area contributed by atoms with Gasteiger partial charge in [0.15, 0.2) is 0 Å². The quantitative estimate of drug-likeness (QED) is 0.783. The molecule has 1 aromatic rings. The number of hydrogen-bond donors (Lipinski definition) is 1. The van der Waals surface area contributed by atoms with Crippen molar-refractivity contribution in [3.05, 3.63) is 23.8 Å². The first-order valence-corrected chi connectivity index (χ1v) is 9.74. The van der Waals surface area contributed by atoms with Crippen LogP contribution in [-0.4, -0.2) is 35.6 Å². The Hall–Kier alpha value is -1.49. The number of carbonyl (C=O) groups is 1. The van der Waals surface area contributed by atoms with Gasteiger partial charge in [-0.05, 0) is 44.5 Å². The minimum atomic E-state index is -3.87. The highest BCUT2D eigenvalue weighted by Gasteiger charge is 2.50. The number of benzene rings is 1. The highest BCUT2D eigenvalue weighted by molar-refractivity contribution is 7.94. The zero-order valence-corrected chi connectivity index (χ0v) is 14.8. The third kappa shape index (κ3) is 3.11. The third-order valence-electron chi connectivity index (χ3n) is 3.46. The first kappa shape index (κ1) is 17.9. The maximum atomic E-state index is 12.3. The second-order valence-electron chi connectivity index (χ2n) is 5.95. The van der Waals surface area contributed by atoms with Crippen LogP contribution in [0.25, 0.3) is 0 Å². The van der Waals surface area contributed by atoms with Crippen LogP contribution in [0.2, 0.25) is 0 Å². The fourth-order valence-electron chi connectivity index (χ4n) is 2.48. The number of hydrogen-bond acceptors (Lipinski definition) is 6. The van der Waals surface area contributed by atoms with Crippen LogP contribution < -0.4 is 9.19 Å². The molecule has 1 N–H and O–H groups in total. The third-order valence-corrected chi connectivity index (χ3v) is 6.90. The van der Waals surface area contributed by atoms with Crippen LogP contribution in [0.3, 0.4) is 0 Å². The summed E-state index contributed by atoms with van der Waals surface area (Å²) in [6.07, 6.45) is 0. The molecule has 23 heavy (non-hydrogen) atoms. The summed E-state index contributed by atoms with van der Waals surface area (Å²) in [6.45, 7) is 4.62. The van der Waals surface area contributed by atoms with Crippen molar-refractivity contribution >= 4 is 31.6 Å². The predicted molar refractivity (Wildman–Crippen MR) is 83.6 cm³/mol. The number of amides is 1. The molecular formula is C13H18N2O6S2. The molecule has 0 radical (unpaired) electrons. The highest BCUT2D eigenvalue weighted by atomic mass is 32.2. The van der Waals surface area contributed by atoms with Crippen molar-refractivity contribution in [3.63, 3.8) is 0 Å². The van der Waals surface area contributed by atoms with Gasteiger partial charge in [-0.3, -0.25) is 9.63 Å². The number of aryl methyl sites for hydroxylation is 1. The Balaban J connectivity index is 2.52. The molecule has 1 heterocycles. The average Bonchev–Trinajstić information content (AvgIpc) is 2.52. The number of carbonyl (C=O) groups excluding carboxylic acids is 1. The molecule has 1 saturated heterocycles. The van der Waals surface area contributed by atoms with Gasteiger partial charge in [-0.1, -0.05) is 4.89 Å². The van der Waals surface area contributed by atoms with E-state index in [0.717, 1.165) is 4.31 Å². The SMILES string of the molecule is CONS(=O)(=O)c1ccc(N2C(=O)C(C)(C)CS2(=O)=O)cc1C. The Kier molecular flexibility index (Phi) is 4.31. The topological polar surface area (TPSA) is 110 Å². The van der Waals surface area contributed by atoms with Crippen molar-refractivity contribution in [2.45, 2.75) is 25.7 Å². The normalized spacial score (nSPS) is 20.0. The maximum Gasteiger partial charge on any atom is 0.262 e. The number of sulfonamides is 2. The van der Waals surface area contributed by atoms with Gasteiger partial charge in [0.05, 0.1) is 28.9 Å². The molecule has 0 saturated carbocycles. The first-order valence-electron chi connectivity index (χ1n) is 6.65. The zero-order chi connectivity index (χ0) is 17.6. The Morgan fingerprint density at radius 3 is 2.35 bits per heavy atom. The Morgan fingerprint density at radius 2 is 1.91 bits per heavy atom. The molecule has 1 amide bonds. The predicted octanol–water partition coefficient (Wildman–Crippen LogP) is 0.537. The largest absolute Gasteiger partial charge is 0.290 e. The summed E-state index contributed by atoms with van der Waals surface area (Å²) in [5.41, 5.74) is -0.607. The lowest BCUT2D eigenvalue weighted by Gasteiger charge is -2.18. The van der Waals surface area contributed by atoms with Gasteiger partial charge in [-0.25, -0.2) is 21.1 Å². The van der Waals surface area contributed by atoms with Crippen LogP contribution in [0.5, 0.6) is 0 Å². The lowest BCUT2D eigenvalue weighted by atomic mass is 9.95. The van der Waals surface area contributed by atoms with Crippen LogP contribution >= 0.6 is 0 Å². The van der Waals surface area contributed by atoms with Crippen molar-refractivity contribution in [2.75, 3.05) is 17.2 Å². The van der Waals surface area contributed by atoms with Gasteiger partial charge in [0.1, 0.15) is 0 Å². The second-order valence-corrected chi connectivity index (χ2v) is 9.38. The van der Waals surface area contributed by atoms with Gasteiger partial charge < -0.3 is 0 Å². The summed E-state index contributed by atoms with van der Waals surface area (Å²) >= 11 is 0. The molecule has 0 bridgehead atoms. The van der Waals surface area contributed by atoms with Gasteiger partial charge >= 0.3 is 0 Å². The molecule has 1 fully saturated rings. The van der Waals surface area contributed by atoms with Gasteiger partial charge in [0, 0.05) is 0 Å². The highest BCUT2D eigenvalue weighted by Crippen LogP contribution is 2.36. The van der Waals surface area contributed by atoms with Crippen molar-refractivity contribution in [3.8, 4) is 0 Å². The van der Waals surface area contributed by atoms with Crippen molar-refractivity contribution in [1.29, 1.82) is 0 Å². The van der Waals surface area contributed by atoms with E-state index >= 15 is 0 Å². The number of nitrogens with one attached hydrogen (secondary N) is 1. The van der Waals surface area contributed by atoms with E-state index in [-0.39, 0.29) is 16.3 Å². The van der Waals surface area contributed by atoms with E-state index in [1.807, 2.05) is 4.89 Å². The summed E-state index contributed by atoms with van der Waals surface area (Å²) in [7, 11) is -6.48. The van der Waals surface area contributed by atoms with E-state index in [1.54, 1.807) is 13.8 Å². The molecule has 0 aliphatic carbocycles. The lowest BCUT2D eigenvalue weighted by molar-refractivity contribution is -0.123. The van der Waals surface area contributed by atoms with Crippen LogP contribution in [0.15, 0.2) is 23.1 Å². The van der Waals surface area contributed by atoms with Gasteiger partial charge in [0.25, 0.3) is 10.0 Å². The smallest absolute Gasteiger partial charge is 0.262 e. The first-order chi connectivity index (χ1) is 10.4. The van der Waals surface area contributed by atoms with E-state index in [2.05, 4.69) is 4.84 Å². The fourth-order valence-corrected chi connectivity index (χ4v) is 5.62. The monoisotopic (exact) mass is 362 g/mol.